The van der Waals surface area contributed by atoms with Gasteiger partial charge in [-0.3, -0.25) is 9.59 Å². The van der Waals surface area contributed by atoms with Crippen molar-refractivity contribution in [1.29, 1.82) is 5.26 Å². The highest BCUT2D eigenvalue weighted by Crippen LogP contribution is 2.31. The maximum Gasteiger partial charge on any atom is 0.307 e. The van der Waals surface area contributed by atoms with E-state index in [-0.39, 0.29) is 10.9 Å². The fraction of sp³-hybridized carbons (Fsp3) is 0.400. The van der Waals surface area contributed by atoms with Gasteiger partial charge in [-0.1, -0.05) is 24.4 Å². The molecule has 5 nitrogen and oxygen atoms in total. The maximum atomic E-state index is 12.3. The maximum absolute atomic E-state index is 12.3. The van der Waals surface area contributed by atoms with Gasteiger partial charge in [-0.25, -0.2) is 0 Å². The zero-order valence-electron chi connectivity index (χ0n) is 11.3. The Bertz CT molecular complexity index is 609. The van der Waals surface area contributed by atoms with Crippen molar-refractivity contribution in [3.8, 4) is 6.07 Å². The minimum Gasteiger partial charge on any atom is -0.481 e. The number of carbonyl (C=O) groups is 2. The Balaban J connectivity index is 2.11. The van der Waals surface area contributed by atoms with Gasteiger partial charge in [0.15, 0.2) is 0 Å². The minimum atomic E-state index is -0.923. The van der Waals surface area contributed by atoms with Crippen LogP contribution in [0.5, 0.6) is 0 Å². The monoisotopic (exact) mass is 306 g/mol. The lowest BCUT2D eigenvalue weighted by atomic mass is 9.78. The second kappa shape index (κ2) is 6.59. The van der Waals surface area contributed by atoms with Gasteiger partial charge >= 0.3 is 5.97 Å². The molecule has 2 rings (SSSR count). The van der Waals surface area contributed by atoms with Gasteiger partial charge in [0.2, 0.25) is 5.91 Å². The molecule has 0 aromatic heterocycles. The largest absolute Gasteiger partial charge is 0.481 e. The van der Waals surface area contributed by atoms with E-state index < -0.39 is 17.8 Å². The molecule has 1 fully saturated rings. The molecule has 21 heavy (non-hydrogen) atoms. The van der Waals surface area contributed by atoms with E-state index in [2.05, 4.69) is 5.32 Å². The quantitative estimate of drug-likeness (QED) is 0.898. The van der Waals surface area contributed by atoms with E-state index in [0.29, 0.717) is 24.1 Å². The lowest BCUT2D eigenvalue weighted by Gasteiger charge is -2.27. The zero-order chi connectivity index (χ0) is 15.4. The van der Waals surface area contributed by atoms with E-state index in [1.54, 1.807) is 6.07 Å². The van der Waals surface area contributed by atoms with E-state index in [0.717, 1.165) is 12.8 Å². The van der Waals surface area contributed by atoms with Gasteiger partial charge < -0.3 is 10.4 Å². The van der Waals surface area contributed by atoms with Crippen molar-refractivity contribution in [3.05, 3.63) is 28.8 Å². The molecule has 1 amide bonds. The molecule has 1 aromatic rings. The molecule has 0 saturated heterocycles. The Hall–Kier alpha value is -2.06. The summed E-state index contributed by atoms with van der Waals surface area (Å²) in [4.78, 5) is 23.5. The Morgan fingerprint density at radius 3 is 2.52 bits per heavy atom. The second-order valence-electron chi connectivity index (χ2n) is 5.13. The number of anilines is 1. The number of hydrogen-bond donors (Lipinski definition) is 2. The van der Waals surface area contributed by atoms with Crippen molar-refractivity contribution in [2.75, 3.05) is 5.32 Å². The number of hydrogen-bond acceptors (Lipinski definition) is 3. The van der Waals surface area contributed by atoms with Crippen LogP contribution in [0, 0.1) is 23.2 Å². The molecule has 0 bridgehead atoms. The third-order valence-electron chi connectivity index (χ3n) is 3.78. The summed E-state index contributed by atoms with van der Waals surface area (Å²) in [5.74, 6) is -2.38. The minimum absolute atomic E-state index is 0.258. The number of carboxylic acid groups (broad SMARTS) is 1. The SMILES string of the molecule is N#Cc1ccc(NC(=O)[C@@H]2CCCC[C@@H]2C(=O)O)cc1Cl. The highest BCUT2D eigenvalue weighted by atomic mass is 35.5. The number of nitrogens with zero attached hydrogens (tertiary/aromatic N) is 1. The lowest BCUT2D eigenvalue weighted by molar-refractivity contribution is -0.147. The van der Waals surface area contributed by atoms with E-state index in [4.69, 9.17) is 16.9 Å². The smallest absolute Gasteiger partial charge is 0.307 e. The molecule has 0 spiro atoms. The van der Waals surface area contributed by atoms with Crippen molar-refractivity contribution >= 4 is 29.2 Å². The molecule has 1 aliphatic rings. The predicted molar refractivity (Wildman–Crippen MR) is 77.9 cm³/mol. The number of carbonyl (C=O) groups excluding carboxylic acids is 1. The summed E-state index contributed by atoms with van der Waals surface area (Å²) in [6, 6.07) is 6.54. The Kier molecular flexibility index (Phi) is 4.81. The van der Waals surface area contributed by atoms with Crippen LogP contribution in [0.15, 0.2) is 18.2 Å². The van der Waals surface area contributed by atoms with E-state index in [1.807, 2.05) is 6.07 Å². The van der Waals surface area contributed by atoms with Crippen LogP contribution in [0.2, 0.25) is 5.02 Å². The molecular weight excluding hydrogens is 292 g/mol. The molecule has 6 heteroatoms. The number of rotatable bonds is 3. The average Bonchev–Trinajstić information content (AvgIpc) is 2.47. The average molecular weight is 307 g/mol. The van der Waals surface area contributed by atoms with Crippen LogP contribution in [-0.2, 0) is 9.59 Å². The predicted octanol–water partition coefficient (Wildman–Crippen LogP) is 3.04. The van der Waals surface area contributed by atoms with E-state index in [1.165, 1.54) is 12.1 Å². The molecule has 2 N–H and O–H groups in total. The number of carboxylic acids is 1. The first-order valence-electron chi connectivity index (χ1n) is 6.76. The van der Waals surface area contributed by atoms with E-state index in [9.17, 15) is 14.7 Å². The highest BCUT2D eigenvalue weighted by molar-refractivity contribution is 6.32. The van der Waals surface area contributed by atoms with E-state index >= 15 is 0 Å². The van der Waals surface area contributed by atoms with Crippen LogP contribution in [0.4, 0.5) is 5.69 Å². The van der Waals surface area contributed by atoms with Gasteiger partial charge in [-0.05, 0) is 31.0 Å². The first-order chi connectivity index (χ1) is 10.0. The van der Waals surface area contributed by atoms with Crippen LogP contribution in [0.3, 0.4) is 0 Å². The summed E-state index contributed by atoms with van der Waals surface area (Å²) in [6.45, 7) is 0. The summed E-state index contributed by atoms with van der Waals surface area (Å²) < 4.78 is 0. The summed E-state index contributed by atoms with van der Waals surface area (Å²) in [6.07, 6.45) is 2.80. The van der Waals surface area contributed by atoms with Gasteiger partial charge in [0.1, 0.15) is 6.07 Å². The Morgan fingerprint density at radius 1 is 1.29 bits per heavy atom. The number of benzene rings is 1. The third kappa shape index (κ3) is 3.53. The fourth-order valence-electron chi connectivity index (χ4n) is 2.66. The molecule has 2 atom stereocenters. The number of halogens is 1. The first kappa shape index (κ1) is 15.3. The van der Waals surface area contributed by atoms with Gasteiger partial charge in [-0.15, -0.1) is 0 Å². The van der Waals surface area contributed by atoms with Crippen molar-refractivity contribution < 1.29 is 14.7 Å². The van der Waals surface area contributed by atoms with Crippen LogP contribution in [-0.4, -0.2) is 17.0 Å². The van der Waals surface area contributed by atoms with Gasteiger partial charge in [0, 0.05) is 5.69 Å². The van der Waals surface area contributed by atoms with Gasteiger partial charge in [0.25, 0.3) is 0 Å². The Morgan fingerprint density at radius 2 is 1.95 bits per heavy atom. The second-order valence-corrected chi connectivity index (χ2v) is 5.54. The number of aliphatic carboxylic acids is 1. The standard InChI is InChI=1S/C15H15ClN2O3/c16-13-7-10(6-5-9(13)8-17)18-14(19)11-3-1-2-4-12(11)15(20)21/h5-7,11-12H,1-4H2,(H,18,19)(H,20,21)/t11-,12+/m1/s1. The molecule has 0 radical (unpaired) electrons. The van der Waals surface area contributed by atoms with Gasteiger partial charge in [0.05, 0.1) is 22.4 Å². The van der Waals surface area contributed by atoms with Crippen molar-refractivity contribution in [2.24, 2.45) is 11.8 Å². The number of nitrogens with one attached hydrogen (secondary N) is 1. The van der Waals surface area contributed by atoms with Crippen LogP contribution < -0.4 is 5.32 Å². The van der Waals surface area contributed by atoms with Crippen molar-refractivity contribution in [3.63, 3.8) is 0 Å². The Labute approximate surface area is 127 Å². The topological polar surface area (TPSA) is 90.2 Å². The summed E-state index contributed by atoms with van der Waals surface area (Å²) in [5.41, 5.74) is 0.800. The number of nitriles is 1. The molecule has 110 valence electrons. The normalized spacial score (nSPS) is 21.3. The van der Waals surface area contributed by atoms with Crippen molar-refractivity contribution in [2.45, 2.75) is 25.7 Å². The molecule has 1 saturated carbocycles. The fourth-order valence-corrected chi connectivity index (χ4v) is 2.88. The highest BCUT2D eigenvalue weighted by Gasteiger charge is 2.35. The number of amides is 1. The molecular formula is C15H15ClN2O3. The van der Waals surface area contributed by atoms with Gasteiger partial charge in [-0.2, -0.15) is 5.26 Å². The van der Waals surface area contributed by atoms with Crippen LogP contribution in [0.25, 0.3) is 0 Å². The molecule has 1 aromatic carbocycles. The third-order valence-corrected chi connectivity index (χ3v) is 4.09. The van der Waals surface area contributed by atoms with Crippen LogP contribution in [0.1, 0.15) is 31.2 Å². The molecule has 0 aliphatic heterocycles. The van der Waals surface area contributed by atoms with Crippen LogP contribution >= 0.6 is 11.6 Å². The summed E-state index contributed by atoms with van der Waals surface area (Å²) in [5, 5.41) is 21.0. The lowest BCUT2D eigenvalue weighted by Crippen LogP contribution is -2.36. The zero-order valence-corrected chi connectivity index (χ0v) is 12.1. The summed E-state index contributed by atoms with van der Waals surface area (Å²) >= 11 is 5.91. The molecule has 0 unspecified atom stereocenters. The summed E-state index contributed by atoms with van der Waals surface area (Å²) in [7, 11) is 0. The molecule has 0 heterocycles. The first-order valence-corrected chi connectivity index (χ1v) is 7.14. The molecule has 1 aliphatic carbocycles. The van der Waals surface area contributed by atoms with Crippen molar-refractivity contribution in [1.82, 2.24) is 0 Å².